The van der Waals surface area contributed by atoms with E-state index in [1.165, 1.54) is 12.8 Å². The predicted molar refractivity (Wildman–Crippen MR) is 81.3 cm³/mol. The molecule has 1 aromatic rings. The first kappa shape index (κ1) is 15.0. The Morgan fingerprint density at radius 1 is 1.30 bits per heavy atom. The van der Waals surface area contributed by atoms with Gasteiger partial charge in [0.1, 0.15) is 6.04 Å². The SMILES string of the molecule is CC(C)(CNC(=O)[C@@H](N)c1ccccc1)N1CCCC1. The number of nitrogens with zero attached hydrogens (tertiary/aromatic N) is 1. The number of amides is 1. The molecule has 1 heterocycles. The fourth-order valence-electron chi connectivity index (χ4n) is 2.66. The van der Waals surface area contributed by atoms with Crippen LogP contribution in [0.3, 0.4) is 0 Å². The first-order valence-corrected chi connectivity index (χ1v) is 7.34. The zero-order valence-electron chi connectivity index (χ0n) is 12.4. The van der Waals surface area contributed by atoms with Crippen LogP contribution in [0.15, 0.2) is 30.3 Å². The number of carbonyl (C=O) groups is 1. The van der Waals surface area contributed by atoms with Crippen LogP contribution in [-0.4, -0.2) is 36.0 Å². The quantitative estimate of drug-likeness (QED) is 0.859. The average Bonchev–Trinajstić information content (AvgIpc) is 3.00. The summed E-state index contributed by atoms with van der Waals surface area (Å²) in [6.07, 6.45) is 2.50. The first-order chi connectivity index (χ1) is 9.50. The van der Waals surface area contributed by atoms with Crippen LogP contribution >= 0.6 is 0 Å². The summed E-state index contributed by atoms with van der Waals surface area (Å²) >= 11 is 0. The Morgan fingerprint density at radius 3 is 2.50 bits per heavy atom. The molecule has 1 aromatic carbocycles. The molecular formula is C16H25N3O. The molecule has 1 saturated heterocycles. The van der Waals surface area contributed by atoms with E-state index in [-0.39, 0.29) is 11.4 Å². The number of nitrogens with one attached hydrogen (secondary N) is 1. The summed E-state index contributed by atoms with van der Waals surface area (Å²) in [4.78, 5) is 14.6. The summed E-state index contributed by atoms with van der Waals surface area (Å²) in [7, 11) is 0. The maximum Gasteiger partial charge on any atom is 0.241 e. The highest BCUT2D eigenvalue weighted by Crippen LogP contribution is 2.20. The second-order valence-electron chi connectivity index (χ2n) is 6.11. The summed E-state index contributed by atoms with van der Waals surface area (Å²) in [5.41, 5.74) is 6.84. The van der Waals surface area contributed by atoms with Crippen molar-refractivity contribution in [3.63, 3.8) is 0 Å². The lowest BCUT2D eigenvalue weighted by molar-refractivity contribution is -0.123. The van der Waals surface area contributed by atoms with Crippen LogP contribution in [0.25, 0.3) is 0 Å². The Bertz CT molecular complexity index is 438. The molecule has 3 N–H and O–H groups in total. The second-order valence-corrected chi connectivity index (χ2v) is 6.11. The Hall–Kier alpha value is -1.39. The van der Waals surface area contributed by atoms with Crippen molar-refractivity contribution in [3.05, 3.63) is 35.9 Å². The monoisotopic (exact) mass is 275 g/mol. The van der Waals surface area contributed by atoms with Gasteiger partial charge in [0, 0.05) is 12.1 Å². The second kappa shape index (κ2) is 6.37. The van der Waals surface area contributed by atoms with E-state index in [1.807, 2.05) is 30.3 Å². The first-order valence-electron chi connectivity index (χ1n) is 7.34. The summed E-state index contributed by atoms with van der Waals surface area (Å²) < 4.78 is 0. The number of hydrogen-bond donors (Lipinski definition) is 2. The van der Waals surface area contributed by atoms with Crippen LogP contribution in [0.4, 0.5) is 0 Å². The molecule has 0 spiro atoms. The van der Waals surface area contributed by atoms with Gasteiger partial charge in [-0.25, -0.2) is 0 Å². The summed E-state index contributed by atoms with van der Waals surface area (Å²) in [5, 5.41) is 2.99. The molecule has 0 aliphatic carbocycles. The van der Waals surface area contributed by atoms with Crippen molar-refractivity contribution < 1.29 is 4.79 Å². The fourth-order valence-corrected chi connectivity index (χ4v) is 2.66. The van der Waals surface area contributed by atoms with Crippen LogP contribution in [0.2, 0.25) is 0 Å². The van der Waals surface area contributed by atoms with Crippen molar-refractivity contribution in [1.29, 1.82) is 0 Å². The van der Waals surface area contributed by atoms with E-state index in [1.54, 1.807) is 0 Å². The molecule has 1 atom stereocenters. The van der Waals surface area contributed by atoms with Gasteiger partial charge in [-0.05, 0) is 45.3 Å². The number of nitrogens with two attached hydrogens (primary N) is 1. The van der Waals surface area contributed by atoms with Crippen molar-refractivity contribution >= 4 is 5.91 Å². The third-order valence-electron chi connectivity index (χ3n) is 4.10. The van der Waals surface area contributed by atoms with E-state index in [9.17, 15) is 4.79 Å². The van der Waals surface area contributed by atoms with Crippen molar-refractivity contribution in [2.24, 2.45) is 5.73 Å². The van der Waals surface area contributed by atoms with E-state index in [2.05, 4.69) is 24.1 Å². The molecule has 2 rings (SSSR count). The van der Waals surface area contributed by atoms with Gasteiger partial charge in [-0.2, -0.15) is 0 Å². The molecular weight excluding hydrogens is 250 g/mol. The number of carbonyl (C=O) groups excluding carboxylic acids is 1. The molecule has 1 amide bonds. The summed E-state index contributed by atoms with van der Waals surface area (Å²) in [5.74, 6) is -0.108. The van der Waals surface area contributed by atoms with Crippen LogP contribution in [0, 0.1) is 0 Å². The lowest BCUT2D eigenvalue weighted by atomic mass is 10.0. The minimum atomic E-state index is -0.592. The maximum absolute atomic E-state index is 12.2. The minimum Gasteiger partial charge on any atom is -0.353 e. The van der Waals surface area contributed by atoms with Gasteiger partial charge in [-0.15, -0.1) is 0 Å². The van der Waals surface area contributed by atoms with E-state index in [4.69, 9.17) is 5.73 Å². The number of benzene rings is 1. The Kier molecular flexibility index (Phi) is 4.78. The smallest absolute Gasteiger partial charge is 0.241 e. The van der Waals surface area contributed by atoms with E-state index < -0.39 is 6.04 Å². The predicted octanol–water partition coefficient (Wildman–Crippen LogP) is 1.68. The molecule has 0 aromatic heterocycles. The topological polar surface area (TPSA) is 58.4 Å². The van der Waals surface area contributed by atoms with Crippen molar-refractivity contribution in [2.45, 2.75) is 38.3 Å². The molecule has 4 heteroatoms. The van der Waals surface area contributed by atoms with Crippen molar-refractivity contribution in [3.8, 4) is 0 Å². The van der Waals surface area contributed by atoms with Crippen LogP contribution in [-0.2, 0) is 4.79 Å². The van der Waals surface area contributed by atoms with Crippen molar-refractivity contribution in [1.82, 2.24) is 10.2 Å². The molecule has 20 heavy (non-hydrogen) atoms. The van der Waals surface area contributed by atoms with E-state index in [0.29, 0.717) is 6.54 Å². The highest BCUT2D eigenvalue weighted by Gasteiger charge is 2.29. The molecule has 0 unspecified atom stereocenters. The highest BCUT2D eigenvalue weighted by atomic mass is 16.2. The largest absolute Gasteiger partial charge is 0.353 e. The molecule has 0 bridgehead atoms. The van der Waals surface area contributed by atoms with Gasteiger partial charge >= 0.3 is 0 Å². The van der Waals surface area contributed by atoms with Crippen LogP contribution in [0.1, 0.15) is 38.3 Å². The van der Waals surface area contributed by atoms with E-state index >= 15 is 0 Å². The number of likely N-dealkylation sites (tertiary alicyclic amines) is 1. The lowest BCUT2D eigenvalue weighted by Crippen LogP contribution is -2.51. The minimum absolute atomic E-state index is 0.0113. The normalized spacial score (nSPS) is 17.9. The molecule has 1 aliphatic rings. The molecule has 110 valence electrons. The summed E-state index contributed by atoms with van der Waals surface area (Å²) in [6, 6.07) is 8.90. The van der Waals surface area contributed by atoms with Gasteiger partial charge in [0.15, 0.2) is 0 Å². The van der Waals surface area contributed by atoms with Crippen LogP contribution < -0.4 is 11.1 Å². The Labute approximate surface area is 121 Å². The zero-order chi connectivity index (χ0) is 14.6. The average molecular weight is 275 g/mol. The van der Waals surface area contributed by atoms with Gasteiger partial charge in [-0.3, -0.25) is 9.69 Å². The van der Waals surface area contributed by atoms with E-state index in [0.717, 1.165) is 18.7 Å². The molecule has 4 nitrogen and oxygen atoms in total. The number of hydrogen-bond acceptors (Lipinski definition) is 3. The highest BCUT2D eigenvalue weighted by molar-refractivity contribution is 5.82. The molecule has 1 fully saturated rings. The third kappa shape index (κ3) is 3.58. The van der Waals surface area contributed by atoms with Gasteiger partial charge in [0.05, 0.1) is 0 Å². The molecule has 1 aliphatic heterocycles. The Morgan fingerprint density at radius 2 is 1.90 bits per heavy atom. The standard InChI is InChI=1S/C16H25N3O/c1-16(2,19-10-6-7-11-19)12-18-15(20)14(17)13-8-4-3-5-9-13/h3-5,8-9,14H,6-7,10-12,17H2,1-2H3,(H,18,20)/t14-/m0/s1. The van der Waals surface area contributed by atoms with Gasteiger partial charge in [0.2, 0.25) is 5.91 Å². The van der Waals surface area contributed by atoms with Gasteiger partial charge in [-0.1, -0.05) is 30.3 Å². The van der Waals surface area contributed by atoms with Crippen LogP contribution in [0.5, 0.6) is 0 Å². The molecule has 0 saturated carbocycles. The van der Waals surface area contributed by atoms with Crippen molar-refractivity contribution in [2.75, 3.05) is 19.6 Å². The molecule has 0 radical (unpaired) electrons. The van der Waals surface area contributed by atoms with Gasteiger partial charge in [0.25, 0.3) is 0 Å². The summed E-state index contributed by atoms with van der Waals surface area (Å²) in [6.45, 7) is 7.22. The fraction of sp³-hybridized carbons (Fsp3) is 0.562. The number of rotatable bonds is 5. The lowest BCUT2D eigenvalue weighted by Gasteiger charge is -2.35. The Balaban J connectivity index is 1.88. The maximum atomic E-state index is 12.2. The third-order valence-corrected chi connectivity index (χ3v) is 4.10. The zero-order valence-corrected chi connectivity index (χ0v) is 12.4. The van der Waals surface area contributed by atoms with Gasteiger partial charge < -0.3 is 11.1 Å².